The van der Waals surface area contributed by atoms with Crippen molar-refractivity contribution in [3.63, 3.8) is 0 Å². The predicted molar refractivity (Wildman–Crippen MR) is 173 cm³/mol. The lowest BCUT2D eigenvalue weighted by molar-refractivity contribution is -0.136. The molecule has 224 valence electrons. The molecular formula is C35H33N3O5S. The summed E-state index contributed by atoms with van der Waals surface area (Å²) >= 11 is 1.29. The Morgan fingerprint density at radius 1 is 0.955 bits per heavy atom. The molecule has 0 saturated heterocycles. The minimum Gasteiger partial charge on any atom is -0.490 e. The Morgan fingerprint density at radius 2 is 1.70 bits per heavy atom. The molecule has 3 heterocycles. The molecule has 3 aromatic carbocycles. The number of thiazole rings is 1. The zero-order valence-corrected chi connectivity index (χ0v) is 26.1. The summed E-state index contributed by atoms with van der Waals surface area (Å²) in [7, 11) is 1.32. The maximum atomic E-state index is 14.1. The standard InChI is InChI=1S/C35H33N3O5S/c1-6-42-29-15-13-25(18-30(29)43-7-2)32-28(34(40)41-5)20-36-35-38(32)33(39)31(44-35)19-26-16-21(3)37(22(26)4)27-14-12-23-10-8-9-11-24(23)17-27/h8-20,32H,6-7H2,1-5H3/b31-19-/t32-/m1/s1. The lowest BCUT2D eigenvalue weighted by Crippen LogP contribution is -2.39. The van der Waals surface area contributed by atoms with Crippen LogP contribution in [0.5, 0.6) is 11.5 Å². The third kappa shape index (κ3) is 5.13. The summed E-state index contributed by atoms with van der Waals surface area (Å²) in [5, 5.41) is 2.34. The highest BCUT2D eigenvalue weighted by atomic mass is 32.1. The molecule has 0 saturated carbocycles. The molecule has 6 rings (SSSR count). The van der Waals surface area contributed by atoms with E-state index in [1.165, 1.54) is 30.0 Å². The largest absolute Gasteiger partial charge is 0.490 e. The number of aromatic nitrogens is 2. The van der Waals surface area contributed by atoms with Crippen LogP contribution < -0.4 is 24.4 Å². The van der Waals surface area contributed by atoms with Crippen molar-refractivity contribution in [2.24, 2.45) is 4.99 Å². The van der Waals surface area contributed by atoms with Crippen LogP contribution >= 0.6 is 11.3 Å². The van der Waals surface area contributed by atoms with E-state index in [0.717, 1.165) is 28.0 Å². The van der Waals surface area contributed by atoms with Gasteiger partial charge in [-0.15, -0.1) is 0 Å². The van der Waals surface area contributed by atoms with E-state index in [-0.39, 0.29) is 11.1 Å². The highest BCUT2D eigenvalue weighted by Crippen LogP contribution is 2.35. The van der Waals surface area contributed by atoms with E-state index >= 15 is 0 Å². The van der Waals surface area contributed by atoms with Crippen molar-refractivity contribution in [1.82, 2.24) is 9.13 Å². The Kier molecular flexibility index (Phi) is 7.97. The van der Waals surface area contributed by atoms with Crippen molar-refractivity contribution in [2.75, 3.05) is 20.3 Å². The van der Waals surface area contributed by atoms with Crippen molar-refractivity contribution < 1.29 is 19.0 Å². The summed E-state index contributed by atoms with van der Waals surface area (Å²) in [5.74, 6) is 0.575. The minimum atomic E-state index is -0.749. The van der Waals surface area contributed by atoms with Gasteiger partial charge >= 0.3 is 5.97 Å². The van der Waals surface area contributed by atoms with Crippen molar-refractivity contribution in [3.8, 4) is 17.2 Å². The first-order valence-corrected chi connectivity index (χ1v) is 15.3. The number of esters is 1. The molecule has 9 heteroatoms. The molecule has 0 N–H and O–H groups in total. The van der Waals surface area contributed by atoms with Crippen LogP contribution in [0.4, 0.5) is 0 Å². The van der Waals surface area contributed by atoms with Gasteiger partial charge in [-0.05, 0) is 86.0 Å². The van der Waals surface area contributed by atoms with E-state index in [9.17, 15) is 9.59 Å². The van der Waals surface area contributed by atoms with E-state index in [0.29, 0.717) is 39.6 Å². The molecule has 0 spiro atoms. The number of methoxy groups -OCH3 is 1. The highest BCUT2D eigenvalue weighted by Gasteiger charge is 2.31. The van der Waals surface area contributed by atoms with Gasteiger partial charge in [-0.1, -0.05) is 47.7 Å². The smallest absolute Gasteiger partial charge is 0.337 e. The number of hydrogen-bond acceptors (Lipinski definition) is 7. The molecule has 1 atom stereocenters. The second-order valence-corrected chi connectivity index (χ2v) is 11.5. The third-order valence-corrected chi connectivity index (χ3v) is 8.75. The predicted octanol–water partition coefficient (Wildman–Crippen LogP) is 5.38. The highest BCUT2D eigenvalue weighted by molar-refractivity contribution is 7.07. The minimum absolute atomic E-state index is 0.240. The molecule has 8 nitrogen and oxygen atoms in total. The first-order chi connectivity index (χ1) is 21.3. The van der Waals surface area contributed by atoms with Gasteiger partial charge in [0.1, 0.15) is 0 Å². The first-order valence-electron chi connectivity index (χ1n) is 14.5. The number of carbonyl (C=O) groups is 1. The Labute approximate surface area is 258 Å². The number of aryl methyl sites for hydroxylation is 1. The fourth-order valence-electron chi connectivity index (χ4n) is 5.78. The topological polar surface area (TPSA) is 84.0 Å². The van der Waals surface area contributed by atoms with Crippen molar-refractivity contribution in [2.45, 2.75) is 33.7 Å². The van der Waals surface area contributed by atoms with E-state index in [2.05, 4.69) is 59.8 Å². The SMILES string of the molecule is CCOc1ccc([C@@H]2C(C(=O)OC)=CN=c3s/c(=C\c4cc(C)n(-c5ccc6ccccc6c5)c4C)c(=O)n32)cc1OCC. The third-order valence-electron chi connectivity index (χ3n) is 7.76. The van der Waals surface area contributed by atoms with Gasteiger partial charge in [-0.25, -0.2) is 9.79 Å². The van der Waals surface area contributed by atoms with Crippen LogP contribution in [-0.4, -0.2) is 35.4 Å². The Hall–Kier alpha value is -4.89. The Balaban J connectivity index is 1.47. The second kappa shape index (κ2) is 12.0. The first kappa shape index (κ1) is 29.2. The Bertz CT molecular complexity index is 2120. The average molecular weight is 608 g/mol. The van der Waals surface area contributed by atoms with Gasteiger partial charge in [0.2, 0.25) is 0 Å². The molecule has 0 bridgehead atoms. The zero-order chi connectivity index (χ0) is 31.0. The molecule has 44 heavy (non-hydrogen) atoms. The van der Waals surface area contributed by atoms with Crippen LogP contribution in [0.25, 0.3) is 22.5 Å². The summed E-state index contributed by atoms with van der Waals surface area (Å²) in [5.41, 5.74) is 4.77. The normalized spacial score (nSPS) is 14.6. The quantitative estimate of drug-likeness (QED) is 0.221. The van der Waals surface area contributed by atoms with Crippen LogP contribution in [-0.2, 0) is 9.53 Å². The molecule has 1 aliphatic heterocycles. The molecule has 5 aromatic rings. The number of nitrogens with zero attached hydrogens (tertiary/aromatic N) is 3. The molecule has 0 aliphatic carbocycles. The van der Waals surface area contributed by atoms with Gasteiger partial charge < -0.3 is 18.8 Å². The van der Waals surface area contributed by atoms with Gasteiger partial charge in [0.15, 0.2) is 16.3 Å². The molecule has 0 radical (unpaired) electrons. The van der Waals surface area contributed by atoms with E-state index in [4.69, 9.17) is 14.2 Å². The lowest BCUT2D eigenvalue weighted by Gasteiger charge is -2.23. The van der Waals surface area contributed by atoms with Gasteiger partial charge in [0.05, 0.1) is 36.5 Å². The maximum absolute atomic E-state index is 14.1. The molecule has 0 unspecified atom stereocenters. The maximum Gasteiger partial charge on any atom is 0.337 e. The van der Waals surface area contributed by atoms with Crippen LogP contribution in [0.1, 0.15) is 42.4 Å². The van der Waals surface area contributed by atoms with Gasteiger partial charge in [0, 0.05) is 23.3 Å². The van der Waals surface area contributed by atoms with Gasteiger partial charge in [-0.2, -0.15) is 0 Å². The number of hydrogen-bond donors (Lipinski definition) is 0. The zero-order valence-electron chi connectivity index (χ0n) is 25.3. The van der Waals surface area contributed by atoms with Gasteiger partial charge in [0.25, 0.3) is 5.56 Å². The van der Waals surface area contributed by atoms with Crippen molar-refractivity contribution in [3.05, 3.63) is 121 Å². The van der Waals surface area contributed by atoms with E-state index in [1.807, 2.05) is 44.2 Å². The number of ether oxygens (including phenoxy) is 3. The van der Waals surface area contributed by atoms with E-state index < -0.39 is 12.0 Å². The second-order valence-electron chi connectivity index (χ2n) is 10.4. The number of fused-ring (bicyclic) bond motifs is 2. The molecule has 1 aliphatic rings. The summed E-state index contributed by atoms with van der Waals surface area (Å²) in [6.07, 6.45) is 3.40. The van der Waals surface area contributed by atoms with E-state index in [1.54, 1.807) is 10.6 Å². The molecule has 0 fully saturated rings. The molecule has 2 aromatic heterocycles. The number of rotatable bonds is 8. The Morgan fingerprint density at radius 3 is 2.45 bits per heavy atom. The summed E-state index contributed by atoms with van der Waals surface area (Å²) in [6.45, 7) is 8.82. The fourth-order valence-corrected chi connectivity index (χ4v) is 6.74. The summed E-state index contributed by atoms with van der Waals surface area (Å²) in [4.78, 5) is 32.0. The summed E-state index contributed by atoms with van der Waals surface area (Å²) < 4.78 is 21.0. The fraction of sp³-hybridized carbons (Fsp3) is 0.229. The van der Waals surface area contributed by atoms with Crippen molar-refractivity contribution in [1.29, 1.82) is 0 Å². The number of benzene rings is 3. The van der Waals surface area contributed by atoms with Crippen LogP contribution in [0, 0.1) is 13.8 Å². The van der Waals surface area contributed by atoms with Crippen molar-refractivity contribution >= 4 is 34.2 Å². The average Bonchev–Trinajstić information content (AvgIpc) is 3.50. The van der Waals surface area contributed by atoms with Crippen LogP contribution in [0.3, 0.4) is 0 Å². The summed E-state index contributed by atoms with van der Waals surface area (Å²) in [6, 6.07) is 21.5. The van der Waals surface area contributed by atoms with Crippen LogP contribution in [0.2, 0.25) is 0 Å². The lowest BCUT2D eigenvalue weighted by atomic mass is 9.97. The van der Waals surface area contributed by atoms with Gasteiger partial charge in [-0.3, -0.25) is 9.36 Å². The molecular weight excluding hydrogens is 574 g/mol. The molecule has 0 amide bonds. The van der Waals surface area contributed by atoms with Crippen LogP contribution in [0.15, 0.2) is 88.3 Å². The monoisotopic (exact) mass is 607 g/mol. The number of carbonyl (C=O) groups excluding carboxylic acids is 1.